The summed E-state index contributed by atoms with van der Waals surface area (Å²) in [4.78, 5) is 2.05. The topological polar surface area (TPSA) is 38.5 Å². The van der Waals surface area contributed by atoms with Crippen LogP contribution in [0.2, 0.25) is 0 Å². The van der Waals surface area contributed by atoms with Gasteiger partial charge < -0.3 is 15.4 Å². The van der Waals surface area contributed by atoms with Crippen molar-refractivity contribution in [1.29, 1.82) is 0 Å². The first kappa shape index (κ1) is 11.9. The third kappa shape index (κ3) is 3.44. The average molecular weight is 208 g/mol. The summed E-state index contributed by atoms with van der Waals surface area (Å²) >= 11 is 0. The Morgan fingerprint density at radius 2 is 1.93 bits per heavy atom. The maximum absolute atomic E-state index is 5.75. The molecule has 0 saturated heterocycles. The van der Waals surface area contributed by atoms with Crippen LogP contribution in [0.4, 0.5) is 5.69 Å². The Hall–Kier alpha value is -1.22. The van der Waals surface area contributed by atoms with Crippen LogP contribution < -0.4 is 15.4 Å². The molecule has 0 aliphatic rings. The van der Waals surface area contributed by atoms with Gasteiger partial charge in [0.05, 0.1) is 0 Å². The van der Waals surface area contributed by atoms with Crippen molar-refractivity contribution < 1.29 is 4.74 Å². The van der Waals surface area contributed by atoms with Gasteiger partial charge in [0.15, 0.2) is 0 Å². The minimum Gasteiger partial charge on any atom is -0.489 e. The number of ether oxygens (including phenoxy) is 1. The van der Waals surface area contributed by atoms with E-state index in [1.54, 1.807) is 0 Å². The van der Waals surface area contributed by atoms with Gasteiger partial charge in [-0.15, -0.1) is 0 Å². The summed E-state index contributed by atoms with van der Waals surface area (Å²) in [6.45, 7) is 3.92. The van der Waals surface area contributed by atoms with Crippen molar-refractivity contribution in [2.45, 2.75) is 26.0 Å². The quantitative estimate of drug-likeness (QED) is 0.821. The maximum atomic E-state index is 5.75. The number of hydrogen-bond acceptors (Lipinski definition) is 3. The number of benzene rings is 1. The number of nitrogens with zero attached hydrogens (tertiary/aromatic N) is 1. The zero-order valence-electron chi connectivity index (χ0n) is 9.90. The van der Waals surface area contributed by atoms with Gasteiger partial charge in [0.25, 0.3) is 0 Å². The minimum atomic E-state index is 0.0300. The van der Waals surface area contributed by atoms with Crippen LogP contribution in [0.1, 0.15) is 13.8 Å². The summed E-state index contributed by atoms with van der Waals surface area (Å²) in [5, 5.41) is 0. The molecular formula is C12H20N2O. The molecule has 2 atom stereocenters. The van der Waals surface area contributed by atoms with Crippen LogP contribution in [0.25, 0.3) is 0 Å². The molecule has 0 aliphatic heterocycles. The molecule has 15 heavy (non-hydrogen) atoms. The number of nitrogens with two attached hydrogens (primary N) is 1. The molecule has 0 fully saturated rings. The molecule has 0 amide bonds. The fourth-order valence-corrected chi connectivity index (χ4v) is 1.16. The molecule has 0 spiro atoms. The van der Waals surface area contributed by atoms with Gasteiger partial charge in [-0.2, -0.15) is 0 Å². The van der Waals surface area contributed by atoms with Crippen LogP contribution in [0.5, 0.6) is 5.75 Å². The SMILES string of the molecule is CC(Oc1cccc(N(C)C)c1)[C@@H](C)N. The number of hydrogen-bond donors (Lipinski definition) is 1. The van der Waals surface area contributed by atoms with Crippen LogP contribution in [0.3, 0.4) is 0 Å². The lowest BCUT2D eigenvalue weighted by molar-refractivity contribution is 0.197. The van der Waals surface area contributed by atoms with E-state index in [0.717, 1.165) is 11.4 Å². The van der Waals surface area contributed by atoms with E-state index in [0.29, 0.717) is 0 Å². The van der Waals surface area contributed by atoms with Gasteiger partial charge in [0.2, 0.25) is 0 Å². The van der Waals surface area contributed by atoms with Crippen molar-refractivity contribution in [3.63, 3.8) is 0 Å². The zero-order valence-corrected chi connectivity index (χ0v) is 9.90. The van der Waals surface area contributed by atoms with E-state index in [1.807, 2.05) is 57.1 Å². The van der Waals surface area contributed by atoms with E-state index in [-0.39, 0.29) is 12.1 Å². The van der Waals surface area contributed by atoms with Crippen LogP contribution in [0.15, 0.2) is 24.3 Å². The van der Waals surface area contributed by atoms with Crippen molar-refractivity contribution >= 4 is 5.69 Å². The molecule has 84 valence electrons. The predicted molar refractivity (Wildman–Crippen MR) is 64.5 cm³/mol. The fraction of sp³-hybridized carbons (Fsp3) is 0.500. The van der Waals surface area contributed by atoms with Gasteiger partial charge in [0.1, 0.15) is 11.9 Å². The van der Waals surface area contributed by atoms with Gasteiger partial charge in [-0.1, -0.05) is 6.07 Å². The standard InChI is InChI=1S/C12H20N2O/c1-9(13)10(2)15-12-7-5-6-11(8-12)14(3)4/h5-10H,13H2,1-4H3/t9-,10?/m1/s1. The summed E-state index contributed by atoms with van der Waals surface area (Å²) in [5.41, 5.74) is 6.88. The molecular weight excluding hydrogens is 188 g/mol. The van der Waals surface area contributed by atoms with Gasteiger partial charge in [-0.25, -0.2) is 0 Å². The smallest absolute Gasteiger partial charge is 0.121 e. The zero-order chi connectivity index (χ0) is 11.4. The molecule has 1 rings (SSSR count). The summed E-state index contributed by atoms with van der Waals surface area (Å²) in [6.07, 6.45) is 0.0300. The van der Waals surface area contributed by atoms with Gasteiger partial charge in [-0.05, 0) is 26.0 Å². The molecule has 2 N–H and O–H groups in total. The third-order valence-electron chi connectivity index (χ3n) is 2.40. The van der Waals surface area contributed by atoms with Crippen molar-refractivity contribution in [3.8, 4) is 5.75 Å². The monoisotopic (exact) mass is 208 g/mol. The van der Waals surface area contributed by atoms with E-state index >= 15 is 0 Å². The van der Waals surface area contributed by atoms with E-state index in [9.17, 15) is 0 Å². The average Bonchev–Trinajstić information content (AvgIpc) is 2.18. The molecule has 0 heterocycles. The van der Waals surface area contributed by atoms with Gasteiger partial charge in [-0.3, -0.25) is 0 Å². The van der Waals surface area contributed by atoms with Crippen LogP contribution in [-0.4, -0.2) is 26.2 Å². The van der Waals surface area contributed by atoms with Crippen LogP contribution in [-0.2, 0) is 0 Å². The van der Waals surface area contributed by atoms with Crippen molar-refractivity contribution in [2.24, 2.45) is 5.73 Å². The third-order valence-corrected chi connectivity index (χ3v) is 2.40. The molecule has 0 bridgehead atoms. The second-order valence-electron chi connectivity index (χ2n) is 4.07. The highest BCUT2D eigenvalue weighted by Gasteiger charge is 2.09. The highest BCUT2D eigenvalue weighted by molar-refractivity contribution is 5.49. The van der Waals surface area contributed by atoms with Gasteiger partial charge >= 0.3 is 0 Å². The Labute approximate surface area is 91.8 Å². The molecule has 0 aliphatic carbocycles. The highest BCUT2D eigenvalue weighted by Crippen LogP contribution is 2.20. The summed E-state index contributed by atoms with van der Waals surface area (Å²) < 4.78 is 5.71. The second-order valence-corrected chi connectivity index (χ2v) is 4.07. The Kier molecular flexibility index (Phi) is 3.97. The Bertz CT molecular complexity index is 310. The highest BCUT2D eigenvalue weighted by atomic mass is 16.5. The number of rotatable bonds is 4. The van der Waals surface area contributed by atoms with Gasteiger partial charge in [0, 0.05) is 31.9 Å². The molecule has 1 aromatic rings. The lowest BCUT2D eigenvalue weighted by Crippen LogP contribution is -2.33. The molecule has 3 nitrogen and oxygen atoms in total. The van der Waals surface area contributed by atoms with Crippen LogP contribution >= 0.6 is 0 Å². The van der Waals surface area contributed by atoms with E-state index < -0.39 is 0 Å². The summed E-state index contributed by atoms with van der Waals surface area (Å²) in [7, 11) is 4.02. The Morgan fingerprint density at radius 3 is 2.47 bits per heavy atom. The molecule has 0 radical (unpaired) electrons. The molecule has 0 aromatic heterocycles. The first-order valence-corrected chi connectivity index (χ1v) is 5.20. The predicted octanol–water partition coefficient (Wildman–Crippen LogP) is 1.87. The lowest BCUT2D eigenvalue weighted by atomic mass is 10.2. The molecule has 0 saturated carbocycles. The largest absolute Gasteiger partial charge is 0.489 e. The Balaban J connectivity index is 2.73. The Morgan fingerprint density at radius 1 is 1.27 bits per heavy atom. The maximum Gasteiger partial charge on any atom is 0.121 e. The van der Waals surface area contributed by atoms with Crippen molar-refractivity contribution in [3.05, 3.63) is 24.3 Å². The molecule has 1 unspecified atom stereocenters. The minimum absolute atomic E-state index is 0.0300. The summed E-state index contributed by atoms with van der Waals surface area (Å²) in [5.74, 6) is 0.867. The second kappa shape index (κ2) is 5.03. The summed E-state index contributed by atoms with van der Waals surface area (Å²) in [6, 6.07) is 8.03. The molecule has 3 heteroatoms. The van der Waals surface area contributed by atoms with Crippen LogP contribution in [0, 0.1) is 0 Å². The first-order chi connectivity index (χ1) is 7.00. The molecule has 1 aromatic carbocycles. The first-order valence-electron chi connectivity index (χ1n) is 5.20. The van der Waals surface area contributed by atoms with E-state index in [1.165, 1.54) is 0 Å². The van der Waals surface area contributed by atoms with E-state index in [4.69, 9.17) is 10.5 Å². The number of anilines is 1. The van der Waals surface area contributed by atoms with Crippen molar-refractivity contribution in [1.82, 2.24) is 0 Å². The normalized spacial score (nSPS) is 14.5. The van der Waals surface area contributed by atoms with Crippen molar-refractivity contribution in [2.75, 3.05) is 19.0 Å². The fourth-order valence-electron chi connectivity index (χ4n) is 1.16. The van der Waals surface area contributed by atoms with E-state index in [2.05, 4.69) is 0 Å². The lowest BCUT2D eigenvalue weighted by Gasteiger charge is -2.19.